The van der Waals surface area contributed by atoms with E-state index in [4.69, 9.17) is 11.6 Å². The molecule has 1 heterocycles. The van der Waals surface area contributed by atoms with Crippen molar-refractivity contribution in [2.45, 2.75) is 6.54 Å². The number of rotatable bonds is 4. The number of amides is 1. The number of hydrogen-bond donors (Lipinski definition) is 1. The Balaban J connectivity index is 1.90. The van der Waals surface area contributed by atoms with E-state index in [2.05, 4.69) is 5.32 Å². The predicted octanol–water partition coefficient (Wildman–Crippen LogP) is 3.20. The highest BCUT2D eigenvalue weighted by atomic mass is 35.5. The molecule has 0 bridgehead atoms. The summed E-state index contributed by atoms with van der Waals surface area (Å²) in [6.45, 7) is -0.212. The predicted molar refractivity (Wildman–Crippen MR) is 94.9 cm³/mol. The van der Waals surface area contributed by atoms with Crippen molar-refractivity contribution in [3.63, 3.8) is 0 Å². The minimum absolute atomic E-state index is 0.0803. The van der Waals surface area contributed by atoms with Crippen molar-refractivity contribution >= 4 is 39.8 Å². The lowest BCUT2D eigenvalue weighted by molar-refractivity contribution is -0.384. The molecule has 25 heavy (non-hydrogen) atoms. The van der Waals surface area contributed by atoms with Crippen LogP contribution < -0.4 is 10.9 Å². The van der Waals surface area contributed by atoms with Crippen molar-refractivity contribution < 1.29 is 9.72 Å². The summed E-state index contributed by atoms with van der Waals surface area (Å²) in [5.41, 5.74) is 0.554. The maximum atomic E-state index is 12.2. The molecule has 0 spiro atoms. The number of aromatic nitrogens is 1. The number of nitro groups is 1. The SMILES string of the molecule is O=C(Cn1c(=O)ccc2cc([N+](=O)[O-])ccc21)Nc1ccc(Cl)cc1. The van der Waals surface area contributed by atoms with Crippen molar-refractivity contribution in [3.8, 4) is 0 Å². The van der Waals surface area contributed by atoms with Crippen LogP contribution in [0.25, 0.3) is 10.9 Å². The summed E-state index contributed by atoms with van der Waals surface area (Å²) in [5, 5.41) is 14.6. The quantitative estimate of drug-likeness (QED) is 0.573. The number of carbonyl (C=O) groups excluding carboxylic acids is 1. The Morgan fingerprint density at radius 3 is 2.52 bits per heavy atom. The van der Waals surface area contributed by atoms with Crippen LogP contribution in [-0.4, -0.2) is 15.4 Å². The van der Waals surface area contributed by atoms with Gasteiger partial charge in [0.25, 0.3) is 11.2 Å². The van der Waals surface area contributed by atoms with Crippen molar-refractivity contribution in [2.75, 3.05) is 5.32 Å². The molecule has 0 atom stereocenters. The Morgan fingerprint density at radius 2 is 1.84 bits per heavy atom. The lowest BCUT2D eigenvalue weighted by Crippen LogP contribution is -2.27. The molecule has 1 amide bonds. The van der Waals surface area contributed by atoms with Crippen LogP contribution in [0.1, 0.15) is 0 Å². The summed E-state index contributed by atoms with van der Waals surface area (Å²) in [5.74, 6) is -0.393. The molecule has 3 aromatic rings. The molecule has 0 unspecified atom stereocenters. The van der Waals surface area contributed by atoms with E-state index in [1.165, 1.54) is 34.9 Å². The van der Waals surface area contributed by atoms with Gasteiger partial charge in [-0.1, -0.05) is 11.6 Å². The summed E-state index contributed by atoms with van der Waals surface area (Å²) < 4.78 is 1.27. The summed E-state index contributed by atoms with van der Waals surface area (Å²) in [4.78, 5) is 34.7. The van der Waals surface area contributed by atoms with E-state index >= 15 is 0 Å². The first-order valence-corrected chi connectivity index (χ1v) is 7.65. The Morgan fingerprint density at radius 1 is 1.12 bits per heavy atom. The van der Waals surface area contributed by atoms with Crippen molar-refractivity contribution in [1.29, 1.82) is 0 Å². The van der Waals surface area contributed by atoms with E-state index in [1.54, 1.807) is 24.3 Å². The summed E-state index contributed by atoms with van der Waals surface area (Å²) in [6.07, 6.45) is 0. The van der Waals surface area contributed by atoms with Crippen LogP contribution in [0.4, 0.5) is 11.4 Å². The van der Waals surface area contributed by atoms with Gasteiger partial charge in [-0.2, -0.15) is 0 Å². The zero-order chi connectivity index (χ0) is 18.0. The first-order valence-electron chi connectivity index (χ1n) is 7.27. The van der Waals surface area contributed by atoms with Gasteiger partial charge in [0.15, 0.2) is 0 Å². The molecule has 0 saturated carbocycles. The number of halogens is 1. The van der Waals surface area contributed by atoms with Gasteiger partial charge in [-0.05, 0) is 36.4 Å². The molecule has 0 aliphatic heterocycles. The molecule has 0 aliphatic rings. The van der Waals surface area contributed by atoms with Crippen LogP contribution >= 0.6 is 11.6 Å². The van der Waals surface area contributed by atoms with Gasteiger partial charge in [-0.3, -0.25) is 24.3 Å². The molecule has 0 fully saturated rings. The number of nitro benzene ring substituents is 1. The number of non-ortho nitro benzene ring substituents is 1. The maximum Gasteiger partial charge on any atom is 0.270 e. The third kappa shape index (κ3) is 3.67. The number of nitrogens with one attached hydrogen (secondary N) is 1. The number of anilines is 1. The number of benzene rings is 2. The van der Waals surface area contributed by atoms with Gasteiger partial charge in [0, 0.05) is 34.3 Å². The molecule has 1 N–H and O–H groups in total. The van der Waals surface area contributed by atoms with E-state index in [-0.39, 0.29) is 17.8 Å². The van der Waals surface area contributed by atoms with Crippen LogP contribution in [-0.2, 0) is 11.3 Å². The van der Waals surface area contributed by atoms with Gasteiger partial charge in [0.2, 0.25) is 5.91 Å². The standard InChI is InChI=1S/C17H12ClN3O4/c18-12-2-4-13(5-3-12)19-16(22)10-20-15-7-6-14(21(24)25)9-11(15)1-8-17(20)23/h1-9H,10H2,(H,19,22). The largest absolute Gasteiger partial charge is 0.325 e. The fourth-order valence-electron chi connectivity index (χ4n) is 2.44. The smallest absolute Gasteiger partial charge is 0.270 e. The topological polar surface area (TPSA) is 94.2 Å². The fraction of sp³-hybridized carbons (Fsp3) is 0.0588. The normalized spacial score (nSPS) is 10.6. The van der Waals surface area contributed by atoms with Gasteiger partial charge in [-0.25, -0.2) is 0 Å². The zero-order valence-electron chi connectivity index (χ0n) is 12.8. The maximum absolute atomic E-state index is 12.2. The number of nitrogens with zero attached hydrogens (tertiary/aromatic N) is 2. The van der Waals surface area contributed by atoms with E-state index in [0.29, 0.717) is 21.6 Å². The van der Waals surface area contributed by atoms with Gasteiger partial charge < -0.3 is 5.32 Å². The molecule has 0 aliphatic carbocycles. The first kappa shape index (κ1) is 16.7. The van der Waals surface area contributed by atoms with Crippen molar-refractivity contribution in [1.82, 2.24) is 4.57 Å². The molecular weight excluding hydrogens is 346 g/mol. The van der Waals surface area contributed by atoms with Crippen molar-refractivity contribution in [3.05, 3.63) is 80.1 Å². The lowest BCUT2D eigenvalue weighted by Gasteiger charge is -2.10. The van der Waals surface area contributed by atoms with Crippen molar-refractivity contribution in [2.24, 2.45) is 0 Å². The van der Waals surface area contributed by atoms with Gasteiger partial charge >= 0.3 is 0 Å². The highest BCUT2D eigenvalue weighted by molar-refractivity contribution is 6.30. The lowest BCUT2D eigenvalue weighted by atomic mass is 10.2. The van der Waals surface area contributed by atoms with Gasteiger partial charge in [-0.15, -0.1) is 0 Å². The van der Waals surface area contributed by atoms with Crippen LogP contribution in [0.15, 0.2) is 59.4 Å². The highest BCUT2D eigenvalue weighted by Gasteiger charge is 2.12. The molecule has 7 nitrogen and oxygen atoms in total. The van der Waals surface area contributed by atoms with Crippen LogP contribution in [0.2, 0.25) is 5.02 Å². The number of pyridine rings is 1. The van der Waals surface area contributed by atoms with E-state index in [0.717, 1.165) is 0 Å². The number of fused-ring (bicyclic) bond motifs is 1. The Hall–Kier alpha value is -3.19. The molecule has 2 aromatic carbocycles. The van der Waals surface area contributed by atoms with E-state index in [1.807, 2.05) is 0 Å². The Bertz CT molecular complexity index is 1030. The fourth-order valence-corrected chi connectivity index (χ4v) is 2.57. The number of hydrogen-bond acceptors (Lipinski definition) is 4. The molecule has 126 valence electrons. The second-order valence-electron chi connectivity index (χ2n) is 5.31. The second-order valence-corrected chi connectivity index (χ2v) is 5.75. The molecular formula is C17H12ClN3O4. The average Bonchev–Trinajstić information content (AvgIpc) is 2.59. The molecule has 1 aromatic heterocycles. The third-order valence-electron chi connectivity index (χ3n) is 3.61. The van der Waals surface area contributed by atoms with Crippen LogP contribution in [0.5, 0.6) is 0 Å². The second kappa shape index (κ2) is 6.74. The number of carbonyl (C=O) groups is 1. The summed E-state index contributed by atoms with van der Waals surface area (Å²) >= 11 is 5.79. The van der Waals surface area contributed by atoms with Crippen LogP contribution in [0.3, 0.4) is 0 Å². The molecule has 3 rings (SSSR count). The molecule has 0 radical (unpaired) electrons. The summed E-state index contributed by atoms with van der Waals surface area (Å²) in [6, 6.07) is 13.5. The van der Waals surface area contributed by atoms with Crippen LogP contribution in [0, 0.1) is 10.1 Å². The third-order valence-corrected chi connectivity index (χ3v) is 3.87. The van der Waals surface area contributed by atoms with E-state index in [9.17, 15) is 19.7 Å². The molecule has 8 heteroatoms. The molecule has 0 saturated heterocycles. The minimum atomic E-state index is -0.512. The van der Waals surface area contributed by atoms with E-state index < -0.39 is 10.8 Å². The monoisotopic (exact) mass is 357 g/mol. The van der Waals surface area contributed by atoms with Gasteiger partial charge in [0.1, 0.15) is 6.54 Å². The first-order chi connectivity index (χ1) is 11.9. The summed E-state index contributed by atoms with van der Waals surface area (Å²) in [7, 11) is 0. The van der Waals surface area contributed by atoms with Gasteiger partial charge in [0.05, 0.1) is 10.4 Å². The Labute approximate surface area is 146 Å². The highest BCUT2D eigenvalue weighted by Crippen LogP contribution is 2.20. The Kier molecular flexibility index (Phi) is 4.49. The minimum Gasteiger partial charge on any atom is -0.325 e. The average molecular weight is 358 g/mol. The zero-order valence-corrected chi connectivity index (χ0v) is 13.6.